The zero-order chi connectivity index (χ0) is 13.4. The van der Waals surface area contributed by atoms with Gasteiger partial charge in [0.25, 0.3) is 5.92 Å². The van der Waals surface area contributed by atoms with Crippen LogP contribution in [0.2, 0.25) is 0 Å². The molecule has 1 atom stereocenters. The van der Waals surface area contributed by atoms with Crippen LogP contribution in [-0.2, 0) is 10.7 Å². The maximum absolute atomic E-state index is 13.9. The Balaban J connectivity index is 2.54. The van der Waals surface area contributed by atoms with Gasteiger partial charge in [-0.3, -0.25) is 0 Å². The van der Waals surface area contributed by atoms with Crippen molar-refractivity contribution in [1.82, 2.24) is 5.32 Å². The highest BCUT2D eigenvalue weighted by Crippen LogP contribution is 2.26. The van der Waals surface area contributed by atoms with Crippen molar-refractivity contribution in [2.24, 2.45) is 0 Å². The average molecular weight is 257 g/mol. The fraction of sp³-hybridized carbons (Fsp3) is 0.571. The molecule has 0 aliphatic heterocycles. The SMILES string of the molecule is CCCC(COC)NCC(F)(F)c1ccccc1. The minimum Gasteiger partial charge on any atom is -0.383 e. The molecule has 0 heterocycles. The molecule has 102 valence electrons. The Morgan fingerprint density at radius 2 is 1.94 bits per heavy atom. The second-order valence-corrected chi connectivity index (χ2v) is 4.39. The Morgan fingerprint density at radius 1 is 1.28 bits per heavy atom. The van der Waals surface area contributed by atoms with Gasteiger partial charge in [-0.05, 0) is 6.42 Å². The summed E-state index contributed by atoms with van der Waals surface area (Å²) in [7, 11) is 1.58. The molecular weight excluding hydrogens is 236 g/mol. The summed E-state index contributed by atoms with van der Waals surface area (Å²) in [5.41, 5.74) is 0.0464. The van der Waals surface area contributed by atoms with Gasteiger partial charge in [0.1, 0.15) is 0 Å². The number of hydrogen-bond donors (Lipinski definition) is 1. The van der Waals surface area contributed by atoms with Gasteiger partial charge in [-0.15, -0.1) is 0 Å². The van der Waals surface area contributed by atoms with Crippen LogP contribution in [0.25, 0.3) is 0 Å². The van der Waals surface area contributed by atoms with Crippen LogP contribution < -0.4 is 5.32 Å². The maximum Gasteiger partial charge on any atom is 0.285 e. The lowest BCUT2D eigenvalue weighted by molar-refractivity contribution is -0.00864. The normalized spacial score (nSPS) is 13.6. The predicted molar refractivity (Wildman–Crippen MR) is 68.9 cm³/mol. The first-order chi connectivity index (χ1) is 8.60. The second-order valence-electron chi connectivity index (χ2n) is 4.39. The molecule has 2 nitrogen and oxygen atoms in total. The van der Waals surface area contributed by atoms with E-state index in [0.29, 0.717) is 6.61 Å². The van der Waals surface area contributed by atoms with Crippen LogP contribution in [0.3, 0.4) is 0 Å². The number of hydrogen-bond acceptors (Lipinski definition) is 2. The molecule has 1 unspecified atom stereocenters. The van der Waals surface area contributed by atoms with Gasteiger partial charge < -0.3 is 10.1 Å². The Kier molecular flexibility index (Phi) is 6.22. The molecule has 0 aliphatic carbocycles. The molecule has 0 aliphatic rings. The molecule has 0 saturated heterocycles. The highest BCUT2D eigenvalue weighted by molar-refractivity contribution is 5.20. The topological polar surface area (TPSA) is 21.3 Å². The molecule has 1 aromatic rings. The van der Waals surface area contributed by atoms with Crippen molar-refractivity contribution in [3.63, 3.8) is 0 Å². The summed E-state index contributed by atoms with van der Waals surface area (Å²) in [6, 6.07) is 7.87. The molecular formula is C14H21F2NO. The lowest BCUT2D eigenvalue weighted by Gasteiger charge is -2.22. The monoisotopic (exact) mass is 257 g/mol. The summed E-state index contributed by atoms with van der Waals surface area (Å²) in [6.07, 6.45) is 1.77. The Bertz CT molecular complexity index is 324. The molecule has 1 N–H and O–H groups in total. The molecule has 1 rings (SSSR count). The highest BCUT2D eigenvalue weighted by atomic mass is 19.3. The van der Waals surface area contributed by atoms with Crippen molar-refractivity contribution >= 4 is 0 Å². The van der Waals surface area contributed by atoms with Gasteiger partial charge in [-0.2, -0.15) is 8.78 Å². The van der Waals surface area contributed by atoms with E-state index in [1.54, 1.807) is 25.3 Å². The number of alkyl halides is 2. The van der Waals surface area contributed by atoms with Crippen LogP contribution in [0.5, 0.6) is 0 Å². The van der Waals surface area contributed by atoms with Crippen molar-refractivity contribution in [2.45, 2.75) is 31.7 Å². The fourth-order valence-electron chi connectivity index (χ4n) is 1.85. The average Bonchev–Trinajstić information content (AvgIpc) is 2.38. The molecule has 0 amide bonds. The van der Waals surface area contributed by atoms with E-state index in [0.717, 1.165) is 12.8 Å². The van der Waals surface area contributed by atoms with Gasteiger partial charge in [0.05, 0.1) is 13.2 Å². The van der Waals surface area contributed by atoms with E-state index < -0.39 is 5.92 Å². The van der Waals surface area contributed by atoms with Crippen LogP contribution in [0.15, 0.2) is 30.3 Å². The second kappa shape index (κ2) is 7.44. The van der Waals surface area contributed by atoms with Crippen molar-refractivity contribution in [3.05, 3.63) is 35.9 Å². The van der Waals surface area contributed by atoms with E-state index in [4.69, 9.17) is 4.74 Å². The largest absolute Gasteiger partial charge is 0.383 e. The summed E-state index contributed by atoms with van der Waals surface area (Å²) in [6.45, 7) is 2.13. The summed E-state index contributed by atoms with van der Waals surface area (Å²) in [5, 5.41) is 2.89. The molecule has 18 heavy (non-hydrogen) atoms. The van der Waals surface area contributed by atoms with Gasteiger partial charge in [-0.1, -0.05) is 43.7 Å². The molecule has 0 bridgehead atoms. The first-order valence-electron chi connectivity index (χ1n) is 6.25. The van der Waals surface area contributed by atoms with E-state index in [9.17, 15) is 8.78 Å². The van der Waals surface area contributed by atoms with Crippen molar-refractivity contribution < 1.29 is 13.5 Å². The third-order valence-corrected chi connectivity index (χ3v) is 2.81. The third-order valence-electron chi connectivity index (χ3n) is 2.81. The van der Waals surface area contributed by atoms with Gasteiger partial charge >= 0.3 is 0 Å². The predicted octanol–water partition coefficient (Wildman–Crippen LogP) is 3.18. The molecule has 0 aromatic heterocycles. The van der Waals surface area contributed by atoms with Gasteiger partial charge in [0, 0.05) is 18.7 Å². The Morgan fingerprint density at radius 3 is 2.50 bits per heavy atom. The van der Waals surface area contributed by atoms with E-state index in [1.165, 1.54) is 12.1 Å². The number of rotatable bonds is 8. The summed E-state index contributed by atoms with van der Waals surface area (Å²) in [5.74, 6) is -2.85. The lowest BCUT2D eigenvalue weighted by Crippen LogP contribution is -2.40. The first-order valence-corrected chi connectivity index (χ1v) is 6.25. The lowest BCUT2D eigenvalue weighted by atomic mass is 10.1. The van der Waals surface area contributed by atoms with Crippen molar-refractivity contribution in [3.8, 4) is 0 Å². The Labute approximate surface area is 107 Å². The summed E-state index contributed by atoms with van der Waals surface area (Å²) < 4.78 is 32.8. The quantitative estimate of drug-likeness (QED) is 0.772. The van der Waals surface area contributed by atoms with E-state index >= 15 is 0 Å². The van der Waals surface area contributed by atoms with E-state index in [2.05, 4.69) is 5.32 Å². The van der Waals surface area contributed by atoms with Crippen LogP contribution in [0, 0.1) is 0 Å². The number of nitrogens with one attached hydrogen (secondary N) is 1. The molecule has 0 fully saturated rings. The van der Waals surface area contributed by atoms with E-state index in [-0.39, 0.29) is 18.2 Å². The van der Waals surface area contributed by atoms with Gasteiger partial charge in [-0.25, -0.2) is 0 Å². The number of benzene rings is 1. The molecule has 0 saturated carbocycles. The number of ether oxygens (including phenoxy) is 1. The van der Waals surface area contributed by atoms with Crippen LogP contribution in [0.4, 0.5) is 8.78 Å². The Hall–Kier alpha value is -1.00. The summed E-state index contributed by atoms with van der Waals surface area (Å²) >= 11 is 0. The molecule has 0 spiro atoms. The minimum absolute atomic E-state index is 0.0189. The zero-order valence-corrected chi connectivity index (χ0v) is 11.0. The van der Waals surface area contributed by atoms with Gasteiger partial charge in [0.2, 0.25) is 0 Å². The number of methoxy groups -OCH3 is 1. The van der Waals surface area contributed by atoms with Crippen LogP contribution in [0.1, 0.15) is 25.3 Å². The number of halogens is 2. The fourth-order valence-corrected chi connectivity index (χ4v) is 1.85. The third kappa shape index (κ3) is 4.70. The molecule has 0 radical (unpaired) electrons. The van der Waals surface area contributed by atoms with Crippen molar-refractivity contribution in [1.29, 1.82) is 0 Å². The molecule has 1 aromatic carbocycles. The van der Waals surface area contributed by atoms with Crippen LogP contribution in [-0.4, -0.2) is 26.3 Å². The minimum atomic E-state index is -2.85. The maximum atomic E-state index is 13.9. The molecule has 4 heteroatoms. The highest BCUT2D eigenvalue weighted by Gasteiger charge is 2.31. The smallest absolute Gasteiger partial charge is 0.285 e. The van der Waals surface area contributed by atoms with Gasteiger partial charge in [0.15, 0.2) is 0 Å². The first kappa shape index (κ1) is 15.1. The van der Waals surface area contributed by atoms with Crippen LogP contribution >= 0.6 is 0 Å². The zero-order valence-electron chi connectivity index (χ0n) is 11.0. The summed E-state index contributed by atoms with van der Waals surface area (Å²) in [4.78, 5) is 0. The van der Waals surface area contributed by atoms with E-state index in [1.807, 2.05) is 6.92 Å². The van der Waals surface area contributed by atoms with Crippen molar-refractivity contribution in [2.75, 3.05) is 20.3 Å². The standard InChI is InChI=1S/C14H21F2NO/c1-3-7-13(10-18-2)17-11-14(15,16)12-8-5-4-6-9-12/h4-6,8-9,13,17H,3,7,10-11H2,1-2H3.